The van der Waals surface area contributed by atoms with E-state index in [1.54, 1.807) is 40.4 Å². The lowest BCUT2D eigenvalue weighted by Crippen LogP contribution is -1.99. The summed E-state index contributed by atoms with van der Waals surface area (Å²) in [7, 11) is 0. The van der Waals surface area contributed by atoms with Crippen LogP contribution in [0.2, 0.25) is 0 Å². The van der Waals surface area contributed by atoms with Crippen molar-refractivity contribution in [2.24, 2.45) is 0 Å². The monoisotopic (exact) mass is 354 g/mol. The first-order valence-electron chi connectivity index (χ1n) is 7.52. The zero-order valence-corrected chi connectivity index (χ0v) is 14.0. The van der Waals surface area contributed by atoms with E-state index in [0.29, 0.717) is 27.6 Å². The Morgan fingerprint density at radius 1 is 1.00 bits per heavy atom. The fourth-order valence-corrected chi connectivity index (χ4v) is 3.38. The number of benzene rings is 2. The smallest absolute Gasteiger partial charge is 0.146 e. The van der Waals surface area contributed by atoms with E-state index < -0.39 is 0 Å². The first-order valence-corrected chi connectivity index (χ1v) is 8.40. The summed E-state index contributed by atoms with van der Waals surface area (Å²) >= 11 is 1.38. The van der Waals surface area contributed by atoms with E-state index in [2.05, 4.69) is 15.3 Å². The second kappa shape index (κ2) is 6.18. The lowest BCUT2D eigenvalue weighted by Gasteiger charge is -2.02. The third kappa shape index (κ3) is 2.83. The molecule has 0 amide bonds. The molecule has 7 heteroatoms. The van der Waals surface area contributed by atoms with Crippen LogP contribution in [-0.4, -0.2) is 20.0 Å². The van der Waals surface area contributed by atoms with Gasteiger partial charge in [-0.05, 0) is 43.3 Å². The van der Waals surface area contributed by atoms with Crippen LogP contribution >= 0.6 is 11.3 Å². The maximum Gasteiger partial charge on any atom is 0.146 e. The molecule has 4 aromatic rings. The van der Waals surface area contributed by atoms with E-state index in [0.717, 1.165) is 5.69 Å². The Hall–Kier alpha value is -2.93. The Labute approximate surface area is 146 Å². The highest BCUT2D eigenvalue weighted by Gasteiger charge is 2.17. The van der Waals surface area contributed by atoms with E-state index in [1.165, 1.54) is 29.5 Å². The number of nitrogens with zero attached hydrogens (tertiary/aromatic N) is 4. The first kappa shape index (κ1) is 15.6. The predicted octanol–water partition coefficient (Wildman–Crippen LogP) is 4.64. The van der Waals surface area contributed by atoms with Gasteiger partial charge in [0.05, 0.1) is 17.1 Å². The molecule has 0 N–H and O–H groups in total. The second-order valence-corrected chi connectivity index (χ2v) is 6.29. The molecular formula is C18H12F2N4S. The Kier molecular flexibility index (Phi) is 3.85. The maximum absolute atomic E-state index is 13.9. The summed E-state index contributed by atoms with van der Waals surface area (Å²) in [5.41, 5.74) is 3.13. The summed E-state index contributed by atoms with van der Waals surface area (Å²) in [6.07, 6.45) is 0. The topological polar surface area (TPSA) is 43.6 Å². The van der Waals surface area contributed by atoms with Gasteiger partial charge in [0.1, 0.15) is 22.3 Å². The largest absolute Gasteiger partial charge is 0.234 e. The van der Waals surface area contributed by atoms with Crippen molar-refractivity contribution in [3.8, 4) is 27.6 Å². The summed E-state index contributed by atoms with van der Waals surface area (Å²) in [6, 6.07) is 12.5. The van der Waals surface area contributed by atoms with Crippen LogP contribution in [0.5, 0.6) is 0 Å². The number of halogens is 2. The second-order valence-electron chi connectivity index (χ2n) is 5.43. The minimum Gasteiger partial charge on any atom is -0.234 e. The minimum absolute atomic E-state index is 0.309. The molecule has 0 aliphatic rings. The van der Waals surface area contributed by atoms with Gasteiger partial charge >= 0.3 is 0 Å². The molecule has 2 aromatic heterocycles. The number of hydrogen-bond acceptors (Lipinski definition) is 4. The molecule has 0 saturated heterocycles. The van der Waals surface area contributed by atoms with E-state index in [4.69, 9.17) is 0 Å². The van der Waals surface area contributed by atoms with Gasteiger partial charge in [0.15, 0.2) is 0 Å². The van der Waals surface area contributed by atoms with Gasteiger partial charge in [0.2, 0.25) is 0 Å². The summed E-state index contributed by atoms with van der Waals surface area (Å²) in [5, 5.41) is 10.8. The van der Waals surface area contributed by atoms with Crippen LogP contribution in [-0.2, 0) is 0 Å². The van der Waals surface area contributed by atoms with Crippen molar-refractivity contribution in [2.45, 2.75) is 6.92 Å². The van der Waals surface area contributed by atoms with Crippen molar-refractivity contribution in [1.29, 1.82) is 0 Å². The zero-order chi connectivity index (χ0) is 17.4. The molecule has 25 heavy (non-hydrogen) atoms. The van der Waals surface area contributed by atoms with Gasteiger partial charge in [0, 0.05) is 10.9 Å². The molecule has 0 unspecified atom stereocenters. The molecular weight excluding hydrogens is 342 g/mol. The third-order valence-electron chi connectivity index (χ3n) is 3.82. The van der Waals surface area contributed by atoms with Crippen molar-refractivity contribution < 1.29 is 8.78 Å². The van der Waals surface area contributed by atoms with Gasteiger partial charge in [-0.1, -0.05) is 17.3 Å². The highest BCUT2D eigenvalue weighted by molar-refractivity contribution is 7.13. The lowest BCUT2D eigenvalue weighted by molar-refractivity contribution is 0.626. The SMILES string of the molecule is Cc1c(-c2nc(-c3ccccc3F)cs2)nnn1-c1ccc(F)cc1. The molecule has 0 aliphatic carbocycles. The van der Waals surface area contributed by atoms with Gasteiger partial charge in [-0.15, -0.1) is 16.4 Å². The minimum atomic E-state index is -0.314. The molecule has 4 nitrogen and oxygen atoms in total. The van der Waals surface area contributed by atoms with Crippen LogP contribution in [0.1, 0.15) is 5.69 Å². The number of aromatic nitrogens is 4. The average molecular weight is 354 g/mol. The summed E-state index contributed by atoms with van der Waals surface area (Å²) < 4.78 is 28.6. The van der Waals surface area contributed by atoms with Gasteiger partial charge in [0.25, 0.3) is 0 Å². The normalized spacial score (nSPS) is 11.0. The van der Waals surface area contributed by atoms with Crippen LogP contribution in [0.3, 0.4) is 0 Å². The van der Waals surface area contributed by atoms with Crippen LogP contribution < -0.4 is 0 Å². The standard InChI is InChI=1S/C18H12F2N4S/c1-11-17(22-23-24(11)13-8-6-12(19)7-9-13)18-21-16(10-25-18)14-4-2-3-5-15(14)20/h2-10H,1H3. The molecule has 0 bridgehead atoms. The fourth-order valence-electron chi connectivity index (χ4n) is 2.53. The highest BCUT2D eigenvalue weighted by atomic mass is 32.1. The van der Waals surface area contributed by atoms with Crippen molar-refractivity contribution in [3.05, 3.63) is 71.2 Å². The molecule has 4 rings (SSSR count). The molecule has 0 fully saturated rings. The number of rotatable bonds is 3. The summed E-state index contributed by atoms with van der Waals surface area (Å²) in [6.45, 7) is 1.86. The first-order chi connectivity index (χ1) is 12.1. The van der Waals surface area contributed by atoms with Crippen LogP contribution in [0, 0.1) is 18.6 Å². The highest BCUT2D eigenvalue weighted by Crippen LogP contribution is 2.31. The van der Waals surface area contributed by atoms with Crippen molar-refractivity contribution >= 4 is 11.3 Å². The molecule has 0 saturated carbocycles. The molecule has 2 heterocycles. The molecule has 0 spiro atoms. The van der Waals surface area contributed by atoms with Gasteiger partial charge in [-0.25, -0.2) is 18.4 Å². The number of hydrogen-bond donors (Lipinski definition) is 0. The predicted molar refractivity (Wildman–Crippen MR) is 92.6 cm³/mol. The van der Waals surface area contributed by atoms with E-state index >= 15 is 0 Å². The molecule has 2 aromatic carbocycles. The Bertz CT molecular complexity index is 1040. The van der Waals surface area contributed by atoms with E-state index in [9.17, 15) is 8.78 Å². The molecule has 0 atom stereocenters. The van der Waals surface area contributed by atoms with Crippen molar-refractivity contribution in [2.75, 3.05) is 0 Å². The van der Waals surface area contributed by atoms with Crippen LogP contribution in [0.4, 0.5) is 8.78 Å². The average Bonchev–Trinajstić information content (AvgIpc) is 3.23. The maximum atomic E-state index is 13.9. The Morgan fingerprint density at radius 3 is 2.52 bits per heavy atom. The quantitative estimate of drug-likeness (QED) is 0.538. The Balaban J connectivity index is 1.72. The summed E-state index contributed by atoms with van der Waals surface area (Å²) in [4.78, 5) is 4.50. The molecule has 0 radical (unpaired) electrons. The molecule has 0 aliphatic heterocycles. The summed E-state index contributed by atoms with van der Waals surface area (Å²) in [5.74, 6) is -0.623. The lowest BCUT2D eigenvalue weighted by atomic mass is 10.1. The van der Waals surface area contributed by atoms with E-state index in [1.807, 2.05) is 6.92 Å². The van der Waals surface area contributed by atoms with Gasteiger partial charge in [-0.2, -0.15) is 0 Å². The third-order valence-corrected chi connectivity index (χ3v) is 4.67. The zero-order valence-electron chi connectivity index (χ0n) is 13.1. The van der Waals surface area contributed by atoms with Gasteiger partial charge in [-0.3, -0.25) is 0 Å². The Morgan fingerprint density at radius 2 is 1.76 bits per heavy atom. The van der Waals surface area contributed by atoms with Crippen LogP contribution in [0.25, 0.3) is 27.6 Å². The van der Waals surface area contributed by atoms with Crippen molar-refractivity contribution in [3.63, 3.8) is 0 Å². The van der Waals surface area contributed by atoms with Gasteiger partial charge < -0.3 is 0 Å². The number of thiazole rings is 1. The van der Waals surface area contributed by atoms with E-state index in [-0.39, 0.29) is 11.6 Å². The fraction of sp³-hybridized carbons (Fsp3) is 0.0556. The van der Waals surface area contributed by atoms with Crippen molar-refractivity contribution in [1.82, 2.24) is 20.0 Å². The molecule has 124 valence electrons. The van der Waals surface area contributed by atoms with Crippen LogP contribution in [0.15, 0.2) is 53.9 Å².